The minimum Gasteiger partial charge on any atom is -0.389 e. The Hall–Kier alpha value is -0.240. The molecule has 0 aromatic rings. The zero-order valence-corrected chi connectivity index (χ0v) is 25.7. The van der Waals surface area contributed by atoms with Gasteiger partial charge >= 0.3 is 0 Å². The van der Waals surface area contributed by atoms with Gasteiger partial charge in [0.25, 0.3) is 0 Å². The lowest BCUT2D eigenvalue weighted by Gasteiger charge is -2.14. The highest BCUT2D eigenvalue weighted by Crippen LogP contribution is 2.11. The number of rotatable bonds is 33. The first-order valence-corrected chi connectivity index (χ1v) is 16.6. The lowest BCUT2D eigenvalue weighted by atomic mass is 10.1. The predicted molar refractivity (Wildman–Crippen MR) is 163 cm³/mol. The van der Waals surface area contributed by atoms with Gasteiger partial charge in [0, 0.05) is 13.1 Å². The Bertz CT molecular complexity index is 390. The van der Waals surface area contributed by atoms with Gasteiger partial charge in [-0.15, -0.1) is 0 Å². The van der Waals surface area contributed by atoms with Crippen LogP contribution in [0, 0.1) is 0 Å². The number of hydrogen-bond acceptors (Lipinski definition) is 6. The summed E-state index contributed by atoms with van der Waals surface area (Å²) in [6.45, 7) is 9.11. The van der Waals surface area contributed by atoms with Crippen molar-refractivity contribution in [1.29, 1.82) is 0 Å². The average molecular weight is 545 g/mol. The molecule has 0 heterocycles. The highest BCUT2D eigenvalue weighted by atomic mass is 16.5. The molecule has 38 heavy (non-hydrogen) atoms. The number of hydrogen-bond donors (Lipinski definition) is 4. The Labute approximate surface area is 237 Å². The zero-order chi connectivity index (χ0) is 27.8. The van der Waals surface area contributed by atoms with Crippen LogP contribution in [0.4, 0.5) is 0 Å². The van der Waals surface area contributed by atoms with Crippen LogP contribution in [-0.2, 0) is 9.47 Å². The predicted octanol–water partition coefficient (Wildman–Crippen LogP) is 6.76. The third-order valence-corrected chi connectivity index (χ3v) is 7.17. The molecular weight excluding hydrogens is 476 g/mol. The summed E-state index contributed by atoms with van der Waals surface area (Å²) in [7, 11) is 0. The molecule has 0 saturated heterocycles. The van der Waals surface area contributed by atoms with Gasteiger partial charge in [-0.1, -0.05) is 129 Å². The topological polar surface area (TPSA) is 83.0 Å². The molecule has 6 heteroatoms. The molecule has 0 saturated carbocycles. The van der Waals surface area contributed by atoms with Crippen molar-refractivity contribution in [2.45, 2.75) is 154 Å². The molecule has 0 fully saturated rings. The molecule has 0 rings (SSSR count). The lowest BCUT2D eigenvalue weighted by Crippen LogP contribution is -2.32. The van der Waals surface area contributed by atoms with E-state index in [1.165, 1.54) is 128 Å². The van der Waals surface area contributed by atoms with Gasteiger partial charge in [0.1, 0.15) is 0 Å². The summed E-state index contributed by atoms with van der Waals surface area (Å²) < 4.78 is 11.0. The van der Waals surface area contributed by atoms with Crippen LogP contribution in [0.25, 0.3) is 0 Å². The Balaban J connectivity index is 3.25. The van der Waals surface area contributed by atoms with E-state index < -0.39 is 12.2 Å². The number of aliphatic hydroxyl groups is 2. The van der Waals surface area contributed by atoms with Crippen molar-refractivity contribution >= 4 is 0 Å². The van der Waals surface area contributed by atoms with E-state index in [1.54, 1.807) is 0 Å². The second kappa shape index (κ2) is 33.0. The van der Waals surface area contributed by atoms with E-state index >= 15 is 0 Å². The highest BCUT2D eigenvalue weighted by Gasteiger charge is 2.06. The van der Waals surface area contributed by atoms with E-state index in [2.05, 4.69) is 24.5 Å². The minimum absolute atomic E-state index is 0.317. The fraction of sp³-hybridized carbons (Fsp3) is 1.00. The van der Waals surface area contributed by atoms with Gasteiger partial charge in [-0.3, -0.25) is 0 Å². The molecule has 0 aliphatic carbocycles. The molecule has 0 aromatic heterocycles. The second-order valence-electron chi connectivity index (χ2n) is 11.2. The summed E-state index contributed by atoms with van der Waals surface area (Å²) >= 11 is 0. The van der Waals surface area contributed by atoms with Crippen LogP contribution in [0.2, 0.25) is 0 Å². The third-order valence-electron chi connectivity index (χ3n) is 7.17. The highest BCUT2D eigenvalue weighted by molar-refractivity contribution is 4.60. The van der Waals surface area contributed by atoms with Gasteiger partial charge in [0.05, 0.1) is 38.6 Å². The Kier molecular flexibility index (Phi) is 32.8. The van der Waals surface area contributed by atoms with Crippen LogP contribution in [0.1, 0.15) is 142 Å². The summed E-state index contributed by atoms with van der Waals surface area (Å²) in [5.41, 5.74) is 0. The molecule has 0 aliphatic heterocycles. The van der Waals surface area contributed by atoms with E-state index in [4.69, 9.17) is 9.47 Å². The molecule has 0 bridgehead atoms. The zero-order valence-electron chi connectivity index (χ0n) is 25.7. The molecule has 0 radical (unpaired) electrons. The first-order valence-electron chi connectivity index (χ1n) is 16.6. The van der Waals surface area contributed by atoms with Crippen LogP contribution in [0.15, 0.2) is 0 Å². The average Bonchev–Trinajstić information content (AvgIpc) is 2.91. The Morgan fingerprint density at radius 3 is 1.05 bits per heavy atom. The first-order chi connectivity index (χ1) is 18.7. The van der Waals surface area contributed by atoms with Gasteiger partial charge < -0.3 is 30.3 Å². The summed E-state index contributed by atoms with van der Waals surface area (Å²) in [5, 5.41) is 26.7. The molecule has 0 amide bonds. The van der Waals surface area contributed by atoms with Crippen molar-refractivity contribution in [2.24, 2.45) is 0 Å². The van der Waals surface area contributed by atoms with Crippen LogP contribution in [0.5, 0.6) is 0 Å². The van der Waals surface area contributed by atoms with Gasteiger partial charge in [-0.25, -0.2) is 0 Å². The molecule has 0 aromatic carbocycles. The first kappa shape index (κ1) is 37.8. The van der Waals surface area contributed by atoms with E-state index in [-0.39, 0.29) is 0 Å². The van der Waals surface area contributed by atoms with Crippen LogP contribution in [-0.4, -0.2) is 75.0 Å². The van der Waals surface area contributed by atoms with Gasteiger partial charge in [-0.2, -0.15) is 0 Å². The molecule has 6 nitrogen and oxygen atoms in total. The van der Waals surface area contributed by atoms with Crippen LogP contribution < -0.4 is 10.6 Å². The number of aliphatic hydroxyl groups excluding tert-OH is 2. The van der Waals surface area contributed by atoms with Crippen molar-refractivity contribution in [1.82, 2.24) is 10.6 Å². The van der Waals surface area contributed by atoms with E-state index in [9.17, 15) is 10.2 Å². The van der Waals surface area contributed by atoms with Gasteiger partial charge in [-0.05, 0) is 25.9 Å². The summed E-state index contributed by atoms with van der Waals surface area (Å²) in [6, 6.07) is 0. The summed E-state index contributed by atoms with van der Waals surface area (Å²) in [4.78, 5) is 0. The van der Waals surface area contributed by atoms with E-state index in [0.717, 1.165) is 13.1 Å². The van der Waals surface area contributed by atoms with Crippen molar-refractivity contribution in [3.8, 4) is 0 Å². The summed E-state index contributed by atoms with van der Waals surface area (Å²) in [6.07, 6.45) is 25.9. The Morgan fingerprint density at radius 2 is 0.737 bits per heavy atom. The normalized spacial score (nSPS) is 13.3. The molecule has 2 atom stereocenters. The van der Waals surface area contributed by atoms with E-state index in [0.29, 0.717) is 39.5 Å². The fourth-order valence-corrected chi connectivity index (χ4v) is 4.69. The van der Waals surface area contributed by atoms with Crippen molar-refractivity contribution in [2.75, 3.05) is 52.6 Å². The van der Waals surface area contributed by atoms with Crippen LogP contribution in [0.3, 0.4) is 0 Å². The van der Waals surface area contributed by atoms with Gasteiger partial charge in [0.15, 0.2) is 0 Å². The molecule has 230 valence electrons. The van der Waals surface area contributed by atoms with Gasteiger partial charge in [0.2, 0.25) is 0 Å². The molecule has 4 N–H and O–H groups in total. The van der Waals surface area contributed by atoms with Crippen molar-refractivity contribution in [3.05, 3.63) is 0 Å². The molecule has 0 aliphatic rings. The monoisotopic (exact) mass is 545 g/mol. The fourth-order valence-electron chi connectivity index (χ4n) is 4.69. The maximum absolute atomic E-state index is 10.0. The summed E-state index contributed by atoms with van der Waals surface area (Å²) in [5.74, 6) is 0. The number of nitrogens with one attached hydrogen (secondary N) is 2. The quantitative estimate of drug-likeness (QED) is 0.0683. The SMILES string of the molecule is CCCCCCCCCCCCNCC(O)COCCOCC(O)CNCCCCCCCCCCCC. The molecule has 0 spiro atoms. The second-order valence-corrected chi connectivity index (χ2v) is 11.2. The van der Waals surface area contributed by atoms with E-state index in [1.807, 2.05) is 0 Å². The van der Waals surface area contributed by atoms with Crippen molar-refractivity contribution in [3.63, 3.8) is 0 Å². The Morgan fingerprint density at radius 1 is 0.447 bits per heavy atom. The van der Waals surface area contributed by atoms with Crippen LogP contribution >= 0.6 is 0 Å². The maximum Gasteiger partial charge on any atom is 0.0897 e. The standard InChI is InChI=1S/C32H68N2O4/c1-3-5-7-9-11-13-15-17-19-21-23-33-27-31(35)29-37-25-26-38-30-32(36)28-34-24-22-20-18-16-14-12-10-8-6-4-2/h31-36H,3-30H2,1-2H3. The largest absolute Gasteiger partial charge is 0.389 e. The smallest absolute Gasteiger partial charge is 0.0897 e. The minimum atomic E-state index is -0.487. The number of ether oxygens (including phenoxy) is 2. The molecule has 2 unspecified atom stereocenters. The lowest BCUT2D eigenvalue weighted by molar-refractivity contribution is -0.0160. The maximum atomic E-state index is 10.0. The van der Waals surface area contributed by atoms with Crippen molar-refractivity contribution < 1.29 is 19.7 Å². The molecular formula is C32H68N2O4. The number of unbranched alkanes of at least 4 members (excludes halogenated alkanes) is 18. The third kappa shape index (κ3) is 32.0.